The first-order valence-electron chi connectivity index (χ1n) is 7.86. The predicted molar refractivity (Wildman–Crippen MR) is 88.3 cm³/mol. The van der Waals surface area contributed by atoms with Gasteiger partial charge in [0, 0.05) is 36.5 Å². The van der Waals surface area contributed by atoms with Crippen LogP contribution < -0.4 is 5.32 Å². The van der Waals surface area contributed by atoms with Crippen molar-refractivity contribution in [2.24, 2.45) is 0 Å². The largest absolute Gasteiger partial charge is 0.311 e. The van der Waals surface area contributed by atoms with Crippen LogP contribution in [-0.4, -0.2) is 41.6 Å². The molecule has 1 aromatic rings. The molecule has 0 spiro atoms. The van der Waals surface area contributed by atoms with E-state index in [1.54, 1.807) is 0 Å². The van der Waals surface area contributed by atoms with Gasteiger partial charge in [0.15, 0.2) is 0 Å². The molecular formula is C17H26N2S. The average Bonchev–Trinajstić information content (AvgIpc) is 2.96. The molecule has 0 bridgehead atoms. The minimum atomic E-state index is 0.546. The number of rotatable bonds is 3. The molecule has 1 aromatic carbocycles. The Hall–Kier alpha value is -0.510. The minimum absolute atomic E-state index is 0.546. The Bertz CT molecular complexity index is 422. The number of nitrogens with zero attached hydrogens (tertiary/aromatic N) is 1. The molecule has 2 nitrogen and oxygen atoms in total. The van der Waals surface area contributed by atoms with Crippen molar-refractivity contribution in [1.29, 1.82) is 0 Å². The van der Waals surface area contributed by atoms with E-state index in [4.69, 9.17) is 0 Å². The van der Waals surface area contributed by atoms with Gasteiger partial charge in [-0.25, -0.2) is 0 Å². The predicted octanol–water partition coefficient (Wildman–Crippen LogP) is 3.31. The number of thioether (sulfide) groups is 1. The maximum Gasteiger partial charge on any atom is 0.0476 e. The fourth-order valence-corrected chi connectivity index (χ4v) is 4.86. The Morgan fingerprint density at radius 2 is 2.00 bits per heavy atom. The van der Waals surface area contributed by atoms with E-state index in [2.05, 4.69) is 65.5 Å². The maximum absolute atomic E-state index is 3.67. The van der Waals surface area contributed by atoms with Crippen molar-refractivity contribution < 1.29 is 0 Å². The summed E-state index contributed by atoms with van der Waals surface area (Å²) in [5, 5.41) is 4.49. The third-order valence-electron chi connectivity index (χ3n) is 4.88. The highest BCUT2D eigenvalue weighted by Gasteiger charge is 2.38. The monoisotopic (exact) mass is 290 g/mol. The van der Waals surface area contributed by atoms with Gasteiger partial charge in [0.05, 0.1) is 0 Å². The summed E-state index contributed by atoms with van der Waals surface area (Å²) in [5.41, 5.74) is 1.47. The van der Waals surface area contributed by atoms with Gasteiger partial charge in [-0.2, -0.15) is 11.8 Å². The first kappa shape index (κ1) is 14.4. The molecule has 1 saturated carbocycles. The number of hydrogen-bond acceptors (Lipinski definition) is 3. The molecule has 3 heteroatoms. The van der Waals surface area contributed by atoms with Crippen molar-refractivity contribution in [2.45, 2.75) is 49.6 Å². The van der Waals surface area contributed by atoms with Gasteiger partial charge in [0.25, 0.3) is 0 Å². The smallest absolute Gasteiger partial charge is 0.0476 e. The van der Waals surface area contributed by atoms with Gasteiger partial charge in [-0.15, -0.1) is 0 Å². The van der Waals surface area contributed by atoms with Crippen LogP contribution in [0.15, 0.2) is 30.3 Å². The van der Waals surface area contributed by atoms with Crippen molar-refractivity contribution in [3.63, 3.8) is 0 Å². The summed E-state index contributed by atoms with van der Waals surface area (Å²) in [6.07, 6.45) is 6.45. The van der Waals surface area contributed by atoms with Crippen molar-refractivity contribution >= 4 is 11.8 Å². The van der Waals surface area contributed by atoms with Crippen LogP contribution in [-0.2, 0) is 0 Å². The number of benzene rings is 1. The molecule has 2 aliphatic rings. The molecule has 20 heavy (non-hydrogen) atoms. The molecule has 2 fully saturated rings. The zero-order chi connectivity index (χ0) is 13.9. The zero-order valence-electron chi connectivity index (χ0n) is 12.6. The van der Waals surface area contributed by atoms with Crippen molar-refractivity contribution in [2.75, 3.05) is 19.3 Å². The van der Waals surface area contributed by atoms with E-state index in [9.17, 15) is 0 Å². The Morgan fingerprint density at radius 1 is 1.20 bits per heavy atom. The molecule has 0 amide bonds. The van der Waals surface area contributed by atoms with E-state index < -0.39 is 0 Å². The lowest BCUT2D eigenvalue weighted by Gasteiger charge is -2.44. The summed E-state index contributed by atoms with van der Waals surface area (Å²) in [4.78, 5) is 2.80. The normalized spacial score (nSPS) is 35.3. The molecule has 3 rings (SSSR count). The van der Waals surface area contributed by atoms with Gasteiger partial charge in [-0.05, 0) is 31.6 Å². The Labute approximate surface area is 127 Å². The SMILES string of the molecule is CSC1CCCC1N1CC(C)NCC1c1ccccc1. The fraction of sp³-hybridized carbons (Fsp3) is 0.647. The highest BCUT2D eigenvalue weighted by atomic mass is 32.2. The maximum atomic E-state index is 3.67. The molecule has 1 aliphatic heterocycles. The molecule has 1 N–H and O–H groups in total. The van der Waals surface area contributed by atoms with Crippen molar-refractivity contribution in [1.82, 2.24) is 10.2 Å². The van der Waals surface area contributed by atoms with Crippen LogP contribution in [0.25, 0.3) is 0 Å². The van der Waals surface area contributed by atoms with Gasteiger partial charge in [-0.3, -0.25) is 4.90 Å². The van der Waals surface area contributed by atoms with Crippen LogP contribution in [0.2, 0.25) is 0 Å². The van der Waals surface area contributed by atoms with Crippen molar-refractivity contribution in [3.8, 4) is 0 Å². The van der Waals surface area contributed by atoms with E-state index in [1.807, 2.05) is 0 Å². The number of piperazine rings is 1. The third-order valence-corrected chi connectivity index (χ3v) is 6.03. The molecule has 0 aromatic heterocycles. The zero-order valence-corrected chi connectivity index (χ0v) is 13.4. The van der Waals surface area contributed by atoms with E-state index in [0.29, 0.717) is 12.1 Å². The van der Waals surface area contributed by atoms with E-state index in [0.717, 1.165) is 17.8 Å². The summed E-state index contributed by atoms with van der Waals surface area (Å²) in [6.45, 7) is 4.58. The van der Waals surface area contributed by atoms with E-state index in [-0.39, 0.29) is 0 Å². The van der Waals surface area contributed by atoms with Crippen LogP contribution in [0.3, 0.4) is 0 Å². The molecule has 110 valence electrons. The van der Waals surface area contributed by atoms with Crippen LogP contribution >= 0.6 is 11.8 Å². The summed E-state index contributed by atoms with van der Waals surface area (Å²) in [6, 6.07) is 13.0. The fourth-order valence-electron chi connectivity index (χ4n) is 3.85. The van der Waals surface area contributed by atoms with Crippen molar-refractivity contribution in [3.05, 3.63) is 35.9 Å². The van der Waals surface area contributed by atoms with Crippen LogP contribution in [0.4, 0.5) is 0 Å². The van der Waals surface area contributed by atoms with Gasteiger partial charge in [0.2, 0.25) is 0 Å². The van der Waals surface area contributed by atoms with E-state index >= 15 is 0 Å². The Kier molecular flexibility index (Phi) is 4.69. The highest BCUT2D eigenvalue weighted by molar-refractivity contribution is 7.99. The second-order valence-corrected chi connectivity index (χ2v) is 7.28. The minimum Gasteiger partial charge on any atom is -0.311 e. The number of nitrogens with one attached hydrogen (secondary N) is 1. The first-order valence-corrected chi connectivity index (χ1v) is 9.15. The van der Waals surface area contributed by atoms with Crippen LogP contribution in [0, 0.1) is 0 Å². The highest BCUT2D eigenvalue weighted by Crippen LogP contribution is 2.37. The molecular weight excluding hydrogens is 264 g/mol. The lowest BCUT2D eigenvalue weighted by atomic mass is 9.98. The summed E-state index contributed by atoms with van der Waals surface area (Å²) < 4.78 is 0. The van der Waals surface area contributed by atoms with Crippen LogP contribution in [0.5, 0.6) is 0 Å². The number of hydrogen-bond donors (Lipinski definition) is 1. The third kappa shape index (κ3) is 2.90. The quantitative estimate of drug-likeness (QED) is 0.919. The lowest BCUT2D eigenvalue weighted by Crippen LogP contribution is -2.55. The molecule has 0 radical (unpaired) electrons. The first-order chi connectivity index (χ1) is 9.79. The molecule has 4 atom stereocenters. The molecule has 1 aliphatic carbocycles. The second-order valence-electron chi connectivity index (χ2n) is 6.20. The summed E-state index contributed by atoms with van der Waals surface area (Å²) in [7, 11) is 0. The van der Waals surface area contributed by atoms with Gasteiger partial charge in [-0.1, -0.05) is 36.8 Å². The van der Waals surface area contributed by atoms with Gasteiger partial charge < -0.3 is 5.32 Å². The summed E-state index contributed by atoms with van der Waals surface area (Å²) >= 11 is 2.07. The average molecular weight is 290 g/mol. The second kappa shape index (κ2) is 6.50. The Balaban J connectivity index is 1.83. The van der Waals surface area contributed by atoms with Crippen LogP contribution in [0.1, 0.15) is 37.8 Å². The Morgan fingerprint density at radius 3 is 2.75 bits per heavy atom. The topological polar surface area (TPSA) is 15.3 Å². The lowest BCUT2D eigenvalue weighted by molar-refractivity contribution is 0.0897. The molecule has 4 unspecified atom stereocenters. The molecule has 1 saturated heterocycles. The van der Waals surface area contributed by atoms with E-state index in [1.165, 1.54) is 31.4 Å². The van der Waals surface area contributed by atoms with Gasteiger partial charge >= 0.3 is 0 Å². The standard InChI is InChI=1S/C17H26N2S/c1-13-12-19(15-9-6-10-17(15)20-2)16(11-18-13)14-7-4-3-5-8-14/h3-5,7-8,13,15-18H,6,9-12H2,1-2H3. The molecule has 1 heterocycles. The van der Waals surface area contributed by atoms with Gasteiger partial charge in [0.1, 0.15) is 0 Å². The summed E-state index contributed by atoms with van der Waals surface area (Å²) in [5.74, 6) is 0.